The molecular formula is C19H20F2N2O2. The zero-order valence-electron chi connectivity index (χ0n) is 14.0. The van der Waals surface area contributed by atoms with Crippen molar-refractivity contribution in [2.45, 2.75) is 18.9 Å². The Kier molecular flexibility index (Phi) is 5.38. The third-order valence-electron chi connectivity index (χ3n) is 4.43. The quantitative estimate of drug-likeness (QED) is 0.773. The van der Waals surface area contributed by atoms with Crippen LogP contribution in [0.5, 0.6) is 0 Å². The maximum absolute atomic E-state index is 13.9. The molecule has 2 aromatic rings. The Morgan fingerprint density at radius 3 is 2.84 bits per heavy atom. The number of aromatic nitrogens is 1. The van der Waals surface area contributed by atoms with Gasteiger partial charge in [-0.15, -0.1) is 0 Å². The van der Waals surface area contributed by atoms with Crippen molar-refractivity contribution in [1.82, 2.24) is 9.88 Å². The highest BCUT2D eigenvalue weighted by Gasteiger charge is 2.46. The molecule has 0 N–H and O–H groups in total. The molecule has 1 aliphatic carbocycles. The molecule has 1 fully saturated rings. The van der Waals surface area contributed by atoms with E-state index in [9.17, 15) is 13.6 Å². The Morgan fingerprint density at radius 2 is 2.16 bits per heavy atom. The van der Waals surface area contributed by atoms with E-state index in [1.165, 1.54) is 12.1 Å². The Bertz CT molecular complexity index is 739. The van der Waals surface area contributed by atoms with Crippen molar-refractivity contribution in [3.8, 4) is 0 Å². The highest BCUT2D eigenvalue weighted by atomic mass is 19.1. The van der Waals surface area contributed by atoms with Crippen molar-refractivity contribution in [3.63, 3.8) is 0 Å². The van der Waals surface area contributed by atoms with Crippen LogP contribution in [-0.2, 0) is 16.1 Å². The van der Waals surface area contributed by atoms with Gasteiger partial charge in [-0.3, -0.25) is 9.78 Å². The minimum Gasteiger partial charge on any atom is -0.383 e. The van der Waals surface area contributed by atoms with E-state index < -0.39 is 11.6 Å². The number of rotatable bonds is 7. The van der Waals surface area contributed by atoms with Crippen molar-refractivity contribution >= 4 is 5.91 Å². The molecule has 1 heterocycles. The molecule has 0 saturated heterocycles. The van der Waals surface area contributed by atoms with Crippen molar-refractivity contribution in [2.24, 2.45) is 5.92 Å². The fourth-order valence-corrected chi connectivity index (χ4v) is 3.00. The third-order valence-corrected chi connectivity index (χ3v) is 4.43. The van der Waals surface area contributed by atoms with Crippen molar-refractivity contribution in [2.75, 3.05) is 20.3 Å². The molecule has 0 aliphatic heterocycles. The van der Waals surface area contributed by atoms with Gasteiger partial charge in [-0.05, 0) is 36.1 Å². The summed E-state index contributed by atoms with van der Waals surface area (Å²) in [5.41, 5.74) is 1.20. The maximum Gasteiger partial charge on any atom is 0.226 e. The number of carbonyl (C=O) groups excluding carboxylic acids is 1. The number of halogens is 2. The number of methoxy groups -OCH3 is 1. The number of pyridine rings is 1. The SMILES string of the molecule is COCCN(Cc1ccccn1)C(=O)[C@H]1C[C@H]1c1ccc(F)cc1F. The zero-order valence-corrected chi connectivity index (χ0v) is 14.0. The minimum atomic E-state index is -0.610. The van der Waals surface area contributed by atoms with Crippen LogP contribution in [0.4, 0.5) is 8.78 Å². The second-order valence-corrected chi connectivity index (χ2v) is 6.19. The molecule has 3 rings (SSSR count). The van der Waals surface area contributed by atoms with Gasteiger partial charge in [0.2, 0.25) is 5.91 Å². The molecule has 1 aliphatic rings. The summed E-state index contributed by atoms with van der Waals surface area (Å²) in [6.07, 6.45) is 2.26. The Morgan fingerprint density at radius 1 is 1.32 bits per heavy atom. The predicted octanol–water partition coefficient (Wildman–Crippen LogP) is 3.14. The van der Waals surface area contributed by atoms with Gasteiger partial charge in [-0.25, -0.2) is 8.78 Å². The second-order valence-electron chi connectivity index (χ2n) is 6.19. The largest absolute Gasteiger partial charge is 0.383 e. The summed E-state index contributed by atoms with van der Waals surface area (Å²) < 4.78 is 32.1. The topological polar surface area (TPSA) is 42.4 Å². The molecule has 132 valence electrons. The van der Waals surface area contributed by atoms with Gasteiger partial charge >= 0.3 is 0 Å². The third kappa shape index (κ3) is 4.20. The second kappa shape index (κ2) is 7.70. The van der Waals surface area contributed by atoms with Gasteiger partial charge in [0.1, 0.15) is 11.6 Å². The van der Waals surface area contributed by atoms with Crippen LogP contribution < -0.4 is 0 Å². The average Bonchev–Trinajstić information content (AvgIpc) is 3.39. The lowest BCUT2D eigenvalue weighted by Gasteiger charge is -2.22. The molecule has 4 nitrogen and oxygen atoms in total. The van der Waals surface area contributed by atoms with Crippen LogP contribution in [0.1, 0.15) is 23.6 Å². The predicted molar refractivity (Wildman–Crippen MR) is 88.7 cm³/mol. The van der Waals surface area contributed by atoms with Gasteiger partial charge in [0, 0.05) is 31.8 Å². The Labute approximate surface area is 145 Å². The van der Waals surface area contributed by atoms with E-state index in [4.69, 9.17) is 4.74 Å². The van der Waals surface area contributed by atoms with Crippen LogP contribution in [0.3, 0.4) is 0 Å². The first-order chi connectivity index (χ1) is 12.1. The lowest BCUT2D eigenvalue weighted by Crippen LogP contribution is -2.35. The first-order valence-electron chi connectivity index (χ1n) is 8.22. The van der Waals surface area contributed by atoms with Crippen LogP contribution in [0.15, 0.2) is 42.6 Å². The van der Waals surface area contributed by atoms with Crippen molar-refractivity contribution in [3.05, 3.63) is 65.5 Å². The minimum absolute atomic E-state index is 0.0450. The van der Waals surface area contributed by atoms with Crippen LogP contribution in [-0.4, -0.2) is 36.1 Å². The maximum atomic E-state index is 13.9. The normalized spacial score (nSPS) is 18.8. The van der Waals surface area contributed by atoms with Gasteiger partial charge in [-0.1, -0.05) is 12.1 Å². The van der Waals surface area contributed by atoms with E-state index >= 15 is 0 Å². The average molecular weight is 346 g/mol. The molecule has 1 saturated carbocycles. The number of hydrogen-bond donors (Lipinski definition) is 0. The highest BCUT2D eigenvalue weighted by molar-refractivity contribution is 5.83. The summed E-state index contributed by atoms with van der Waals surface area (Å²) in [6, 6.07) is 9.08. The summed E-state index contributed by atoms with van der Waals surface area (Å²) >= 11 is 0. The van der Waals surface area contributed by atoms with Crippen LogP contribution >= 0.6 is 0 Å². The molecule has 0 bridgehead atoms. The monoisotopic (exact) mass is 346 g/mol. The van der Waals surface area contributed by atoms with E-state index in [1.807, 2.05) is 18.2 Å². The fraction of sp³-hybridized carbons (Fsp3) is 0.368. The molecule has 2 atom stereocenters. The molecule has 0 unspecified atom stereocenters. The van der Waals surface area contributed by atoms with E-state index in [0.717, 1.165) is 11.8 Å². The van der Waals surface area contributed by atoms with Crippen LogP contribution in [0.2, 0.25) is 0 Å². The van der Waals surface area contributed by atoms with Crippen molar-refractivity contribution in [1.29, 1.82) is 0 Å². The number of ether oxygens (including phenoxy) is 1. The van der Waals surface area contributed by atoms with Gasteiger partial charge in [0.15, 0.2) is 0 Å². The van der Waals surface area contributed by atoms with Gasteiger partial charge in [-0.2, -0.15) is 0 Å². The lowest BCUT2D eigenvalue weighted by atomic mass is 10.1. The summed E-state index contributed by atoms with van der Waals surface area (Å²) in [7, 11) is 1.58. The number of hydrogen-bond acceptors (Lipinski definition) is 3. The van der Waals surface area contributed by atoms with Gasteiger partial charge in [0.05, 0.1) is 18.8 Å². The van der Waals surface area contributed by atoms with E-state index in [2.05, 4.69) is 4.98 Å². The highest BCUT2D eigenvalue weighted by Crippen LogP contribution is 2.49. The summed E-state index contributed by atoms with van der Waals surface area (Å²) in [5.74, 6) is -1.71. The molecule has 6 heteroatoms. The molecular weight excluding hydrogens is 326 g/mol. The summed E-state index contributed by atoms with van der Waals surface area (Å²) in [6.45, 7) is 1.25. The first-order valence-corrected chi connectivity index (χ1v) is 8.22. The standard InChI is InChI=1S/C19H20F2N2O2/c1-25-9-8-23(12-14-4-2-3-7-22-14)19(24)17-11-16(17)15-6-5-13(20)10-18(15)21/h2-7,10,16-17H,8-9,11-12H2,1H3/t16-,17-/m0/s1. The zero-order chi connectivity index (χ0) is 17.8. The number of benzene rings is 1. The fourth-order valence-electron chi connectivity index (χ4n) is 3.00. The molecule has 25 heavy (non-hydrogen) atoms. The van der Waals surface area contributed by atoms with Crippen LogP contribution in [0.25, 0.3) is 0 Å². The molecule has 1 aromatic carbocycles. The number of carbonyl (C=O) groups is 1. The lowest BCUT2D eigenvalue weighted by molar-refractivity contribution is -0.134. The van der Waals surface area contributed by atoms with Gasteiger partial charge < -0.3 is 9.64 Å². The summed E-state index contributed by atoms with van der Waals surface area (Å²) in [5, 5.41) is 0. The number of nitrogens with zero attached hydrogens (tertiary/aromatic N) is 2. The van der Waals surface area contributed by atoms with E-state index in [0.29, 0.717) is 31.7 Å². The smallest absolute Gasteiger partial charge is 0.226 e. The summed E-state index contributed by atoms with van der Waals surface area (Å²) in [4.78, 5) is 18.8. The van der Waals surface area contributed by atoms with E-state index in [-0.39, 0.29) is 17.7 Å². The molecule has 0 spiro atoms. The first kappa shape index (κ1) is 17.5. The molecule has 1 amide bonds. The number of amides is 1. The van der Waals surface area contributed by atoms with E-state index in [1.54, 1.807) is 18.2 Å². The van der Waals surface area contributed by atoms with Gasteiger partial charge in [0.25, 0.3) is 0 Å². The van der Waals surface area contributed by atoms with Crippen LogP contribution in [0, 0.1) is 17.6 Å². The molecule has 1 aromatic heterocycles. The Balaban J connectivity index is 1.70. The van der Waals surface area contributed by atoms with Crippen molar-refractivity contribution < 1.29 is 18.3 Å². The Hall–Kier alpha value is -2.34. The molecule has 0 radical (unpaired) electrons.